The van der Waals surface area contributed by atoms with Gasteiger partial charge in [0.1, 0.15) is 0 Å². The summed E-state index contributed by atoms with van der Waals surface area (Å²) in [7, 11) is 0. The molecule has 0 saturated heterocycles. The van der Waals surface area contributed by atoms with E-state index < -0.39 is 0 Å². The first-order valence-electron chi connectivity index (χ1n) is 5.15. The molecule has 1 heterocycles. The molecule has 2 aromatic rings. The smallest absolute Gasteiger partial charge is 0.255 e. The van der Waals surface area contributed by atoms with E-state index >= 15 is 0 Å². The Labute approximate surface area is 108 Å². The zero-order valence-corrected chi connectivity index (χ0v) is 10.9. The summed E-state index contributed by atoms with van der Waals surface area (Å²) in [4.78, 5) is 16.0. The maximum absolute atomic E-state index is 11.9. The van der Waals surface area contributed by atoms with Crippen LogP contribution in [0, 0.1) is 6.92 Å². The minimum absolute atomic E-state index is 0.142. The number of nitrogens with one attached hydrogen (secondary N) is 1. The Hall–Kier alpha value is -1.68. The SMILES string of the molecule is Cc1cc(Br)c(NC(=O)c2ccccc2)cn1. The van der Waals surface area contributed by atoms with Gasteiger partial charge >= 0.3 is 0 Å². The molecule has 0 aliphatic carbocycles. The van der Waals surface area contributed by atoms with Crippen molar-refractivity contribution >= 4 is 27.5 Å². The minimum atomic E-state index is -0.142. The van der Waals surface area contributed by atoms with Crippen LogP contribution in [0.5, 0.6) is 0 Å². The Kier molecular flexibility index (Phi) is 3.54. The molecule has 17 heavy (non-hydrogen) atoms. The molecule has 2 rings (SSSR count). The Balaban J connectivity index is 2.19. The second-order valence-corrected chi connectivity index (χ2v) is 4.48. The number of hydrogen-bond donors (Lipinski definition) is 1. The highest BCUT2D eigenvalue weighted by molar-refractivity contribution is 9.10. The molecule has 86 valence electrons. The van der Waals surface area contributed by atoms with Crippen molar-refractivity contribution < 1.29 is 4.79 Å². The highest BCUT2D eigenvalue weighted by Gasteiger charge is 2.07. The number of hydrogen-bond acceptors (Lipinski definition) is 2. The van der Waals surface area contributed by atoms with Crippen LogP contribution in [0.2, 0.25) is 0 Å². The molecule has 3 nitrogen and oxygen atoms in total. The average Bonchev–Trinajstić information content (AvgIpc) is 2.34. The van der Waals surface area contributed by atoms with Crippen molar-refractivity contribution in [2.24, 2.45) is 0 Å². The summed E-state index contributed by atoms with van der Waals surface area (Å²) in [6, 6.07) is 10.9. The Bertz CT molecular complexity index is 540. The summed E-state index contributed by atoms with van der Waals surface area (Å²) in [5.41, 5.74) is 2.19. The van der Waals surface area contributed by atoms with Crippen LogP contribution in [0.1, 0.15) is 16.1 Å². The fourth-order valence-corrected chi connectivity index (χ4v) is 1.94. The van der Waals surface area contributed by atoms with Gasteiger partial charge in [-0.1, -0.05) is 18.2 Å². The molecule has 0 radical (unpaired) electrons. The summed E-state index contributed by atoms with van der Waals surface area (Å²) in [5, 5.41) is 2.81. The molecule has 0 atom stereocenters. The van der Waals surface area contributed by atoms with Gasteiger partial charge in [0.2, 0.25) is 0 Å². The lowest BCUT2D eigenvalue weighted by atomic mass is 10.2. The predicted molar refractivity (Wildman–Crippen MR) is 71.1 cm³/mol. The van der Waals surface area contributed by atoms with Gasteiger partial charge in [0.25, 0.3) is 5.91 Å². The second kappa shape index (κ2) is 5.10. The van der Waals surface area contributed by atoms with Crippen molar-refractivity contribution in [3.8, 4) is 0 Å². The van der Waals surface area contributed by atoms with Gasteiger partial charge in [-0.3, -0.25) is 9.78 Å². The largest absolute Gasteiger partial charge is 0.320 e. The number of carbonyl (C=O) groups is 1. The average molecular weight is 291 g/mol. The number of benzene rings is 1. The molecule has 0 aliphatic rings. The zero-order chi connectivity index (χ0) is 12.3. The normalized spacial score (nSPS) is 10.0. The van der Waals surface area contributed by atoms with Gasteiger partial charge in [0.05, 0.1) is 11.9 Å². The number of pyridine rings is 1. The van der Waals surface area contributed by atoms with Gasteiger partial charge in [-0.2, -0.15) is 0 Å². The van der Waals surface area contributed by atoms with E-state index in [9.17, 15) is 4.79 Å². The minimum Gasteiger partial charge on any atom is -0.320 e. The lowest BCUT2D eigenvalue weighted by molar-refractivity contribution is 0.102. The zero-order valence-electron chi connectivity index (χ0n) is 9.27. The van der Waals surface area contributed by atoms with E-state index in [2.05, 4.69) is 26.2 Å². The van der Waals surface area contributed by atoms with Crippen LogP contribution < -0.4 is 5.32 Å². The highest BCUT2D eigenvalue weighted by Crippen LogP contribution is 2.22. The summed E-state index contributed by atoms with van der Waals surface area (Å²) in [6.07, 6.45) is 1.64. The third kappa shape index (κ3) is 2.91. The van der Waals surface area contributed by atoms with Crippen molar-refractivity contribution in [2.45, 2.75) is 6.92 Å². The Morgan fingerprint density at radius 2 is 2.00 bits per heavy atom. The molecule has 0 spiro atoms. The number of nitrogens with zero attached hydrogens (tertiary/aromatic N) is 1. The van der Waals surface area contributed by atoms with Crippen LogP contribution in [0.15, 0.2) is 47.1 Å². The first kappa shape index (κ1) is 11.8. The molecule has 0 fully saturated rings. The highest BCUT2D eigenvalue weighted by atomic mass is 79.9. The van der Waals surface area contributed by atoms with Crippen LogP contribution in [0.25, 0.3) is 0 Å². The van der Waals surface area contributed by atoms with Crippen LogP contribution in [-0.4, -0.2) is 10.9 Å². The molecule has 0 saturated carbocycles. The van der Waals surface area contributed by atoms with Crippen molar-refractivity contribution in [3.05, 3.63) is 58.3 Å². The topological polar surface area (TPSA) is 42.0 Å². The first-order chi connectivity index (χ1) is 8.16. The maximum Gasteiger partial charge on any atom is 0.255 e. The molecule has 1 N–H and O–H groups in total. The molecular weight excluding hydrogens is 280 g/mol. The lowest BCUT2D eigenvalue weighted by Crippen LogP contribution is -2.12. The monoisotopic (exact) mass is 290 g/mol. The standard InChI is InChI=1S/C13H11BrN2O/c1-9-7-11(14)12(8-15-9)16-13(17)10-5-3-2-4-6-10/h2-8H,1H3,(H,16,17). The molecule has 0 bridgehead atoms. The summed E-state index contributed by atoms with van der Waals surface area (Å²) >= 11 is 3.39. The summed E-state index contributed by atoms with van der Waals surface area (Å²) in [6.45, 7) is 1.90. The van der Waals surface area contributed by atoms with E-state index in [0.717, 1.165) is 10.2 Å². The van der Waals surface area contributed by atoms with Crippen molar-refractivity contribution in [1.29, 1.82) is 0 Å². The molecular formula is C13H11BrN2O. The number of rotatable bonds is 2. The molecule has 1 aromatic heterocycles. The quantitative estimate of drug-likeness (QED) is 0.921. The second-order valence-electron chi connectivity index (χ2n) is 3.63. The van der Waals surface area contributed by atoms with E-state index in [4.69, 9.17) is 0 Å². The molecule has 1 amide bonds. The predicted octanol–water partition coefficient (Wildman–Crippen LogP) is 3.40. The molecule has 4 heteroatoms. The van der Waals surface area contributed by atoms with Gasteiger partial charge in [-0.25, -0.2) is 0 Å². The van der Waals surface area contributed by atoms with Crippen molar-refractivity contribution in [3.63, 3.8) is 0 Å². The van der Waals surface area contributed by atoms with E-state index in [0.29, 0.717) is 11.3 Å². The lowest BCUT2D eigenvalue weighted by Gasteiger charge is -2.07. The number of aryl methyl sites for hydroxylation is 1. The molecule has 0 aliphatic heterocycles. The third-order valence-corrected chi connectivity index (χ3v) is 2.93. The fraction of sp³-hybridized carbons (Fsp3) is 0.0769. The summed E-state index contributed by atoms with van der Waals surface area (Å²) < 4.78 is 0.828. The summed E-state index contributed by atoms with van der Waals surface area (Å²) in [5.74, 6) is -0.142. The van der Waals surface area contributed by atoms with Gasteiger partial charge < -0.3 is 5.32 Å². The van der Waals surface area contributed by atoms with Gasteiger partial charge in [0.15, 0.2) is 0 Å². The Morgan fingerprint density at radius 1 is 1.29 bits per heavy atom. The van der Waals surface area contributed by atoms with Crippen molar-refractivity contribution in [1.82, 2.24) is 4.98 Å². The molecule has 0 unspecified atom stereocenters. The van der Waals surface area contributed by atoms with E-state index in [-0.39, 0.29) is 5.91 Å². The van der Waals surface area contributed by atoms with Crippen LogP contribution in [0.4, 0.5) is 5.69 Å². The molecule has 1 aromatic carbocycles. The van der Waals surface area contributed by atoms with Crippen molar-refractivity contribution in [2.75, 3.05) is 5.32 Å². The fourth-order valence-electron chi connectivity index (χ4n) is 1.40. The number of amides is 1. The number of anilines is 1. The van der Waals surface area contributed by atoms with E-state index in [1.165, 1.54) is 0 Å². The number of aromatic nitrogens is 1. The van der Waals surface area contributed by atoms with Gasteiger partial charge in [0, 0.05) is 15.7 Å². The number of halogens is 1. The third-order valence-electron chi connectivity index (χ3n) is 2.27. The van der Waals surface area contributed by atoms with Crippen LogP contribution in [0.3, 0.4) is 0 Å². The number of carbonyl (C=O) groups excluding carboxylic acids is 1. The van der Waals surface area contributed by atoms with E-state index in [1.54, 1.807) is 18.3 Å². The Morgan fingerprint density at radius 3 is 2.65 bits per heavy atom. The van der Waals surface area contributed by atoms with Gasteiger partial charge in [-0.05, 0) is 41.1 Å². The van der Waals surface area contributed by atoms with Crippen LogP contribution >= 0.6 is 15.9 Å². The van der Waals surface area contributed by atoms with Crippen LogP contribution in [-0.2, 0) is 0 Å². The maximum atomic E-state index is 11.9. The van der Waals surface area contributed by atoms with E-state index in [1.807, 2.05) is 31.2 Å². The first-order valence-corrected chi connectivity index (χ1v) is 5.94. The van der Waals surface area contributed by atoms with Gasteiger partial charge in [-0.15, -0.1) is 0 Å².